The molecule has 0 rings (SSSR count). The normalized spacial score (nSPS) is 12.4. The molecule has 0 spiro atoms. The van der Waals surface area contributed by atoms with Crippen molar-refractivity contribution in [2.45, 2.75) is 354 Å². The van der Waals surface area contributed by atoms with Gasteiger partial charge in [-0.05, 0) is 64.2 Å². The van der Waals surface area contributed by atoms with Crippen molar-refractivity contribution in [1.29, 1.82) is 0 Å². The highest BCUT2D eigenvalue weighted by Crippen LogP contribution is 2.18. The van der Waals surface area contributed by atoms with Gasteiger partial charge in [0.05, 0.1) is 0 Å². The Kier molecular flexibility index (Phi) is 62.2. The van der Waals surface area contributed by atoms with E-state index in [1.54, 1.807) is 0 Å². The monoisotopic (exact) mass is 1060 g/mol. The third-order valence-electron chi connectivity index (χ3n) is 14.8. The van der Waals surface area contributed by atoms with E-state index < -0.39 is 6.10 Å². The predicted molar refractivity (Wildman–Crippen MR) is 330 cm³/mol. The fourth-order valence-electron chi connectivity index (χ4n) is 9.83. The first kappa shape index (κ1) is 73.1. The minimum atomic E-state index is -0.777. The minimum Gasteiger partial charge on any atom is -0.462 e. The number of hydrogen-bond acceptors (Lipinski definition) is 6. The lowest BCUT2D eigenvalue weighted by atomic mass is 10.0. The zero-order valence-electron chi connectivity index (χ0n) is 50.8. The molecule has 0 aromatic carbocycles. The second kappa shape index (κ2) is 64.6. The highest BCUT2D eigenvalue weighted by Gasteiger charge is 2.19. The molecular formula is C70H126O6. The average Bonchev–Trinajstić information content (AvgIpc) is 3.42. The molecule has 6 nitrogen and oxygen atoms in total. The molecule has 442 valence electrons. The van der Waals surface area contributed by atoms with Crippen LogP contribution in [0.4, 0.5) is 0 Å². The molecule has 0 saturated heterocycles. The first-order chi connectivity index (χ1) is 37.5. The smallest absolute Gasteiger partial charge is 0.306 e. The lowest BCUT2D eigenvalue weighted by molar-refractivity contribution is -0.167. The maximum Gasteiger partial charge on any atom is 0.306 e. The number of allylic oxidation sites excluding steroid dienone is 10. The van der Waals surface area contributed by atoms with Crippen LogP contribution in [-0.2, 0) is 28.6 Å². The van der Waals surface area contributed by atoms with E-state index in [2.05, 4.69) is 81.5 Å². The van der Waals surface area contributed by atoms with Crippen LogP contribution in [0.2, 0.25) is 0 Å². The standard InChI is InChI=1S/C70H126O6/c1-4-7-10-13-16-19-22-25-27-29-31-33-35-37-38-40-42-45-48-51-54-57-60-63-69(72)75-66-67(65-74-68(71)62-59-56-53-50-47-44-24-21-18-15-12-9-6-3)76-70(73)64-61-58-55-52-49-46-43-41-39-36-34-32-30-28-26-23-20-17-14-11-8-5-2/h7,10,16,19,25,27,31,33,37-38,67H,4-6,8-9,11-15,17-18,20-24,26,28-30,32,34-36,39-66H2,1-3H3/b10-7-,19-16-,27-25-,33-31-,38-37-. The average molecular weight is 1060 g/mol. The molecule has 76 heavy (non-hydrogen) atoms. The molecule has 6 heteroatoms. The highest BCUT2D eigenvalue weighted by molar-refractivity contribution is 5.71. The molecule has 0 amide bonds. The van der Waals surface area contributed by atoms with E-state index in [0.29, 0.717) is 19.3 Å². The number of unbranched alkanes of at least 4 members (excludes halogenated alkanes) is 40. The molecular weight excluding hydrogens is 937 g/mol. The predicted octanol–water partition coefficient (Wildman–Crippen LogP) is 22.7. The Labute approximate surface area is 472 Å². The van der Waals surface area contributed by atoms with Crippen molar-refractivity contribution in [3.63, 3.8) is 0 Å². The van der Waals surface area contributed by atoms with Gasteiger partial charge in [-0.1, -0.05) is 326 Å². The van der Waals surface area contributed by atoms with Gasteiger partial charge in [-0.2, -0.15) is 0 Å². The van der Waals surface area contributed by atoms with Gasteiger partial charge in [0.25, 0.3) is 0 Å². The van der Waals surface area contributed by atoms with Crippen molar-refractivity contribution in [3.05, 3.63) is 60.8 Å². The molecule has 0 aliphatic carbocycles. The Morgan fingerprint density at radius 3 is 0.803 bits per heavy atom. The van der Waals surface area contributed by atoms with Gasteiger partial charge >= 0.3 is 17.9 Å². The van der Waals surface area contributed by atoms with Crippen LogP contribution in [0.3, 0.4) is 0 Å². The van der Waals surface area contributed by atoms with Gasteiger partial charge in [-0.15, -0.1) is 0 Å². The molecule has 0 N–H and O–H groups in total. The maximum atomic E-state index is 12.9. The number of carbonyl (C=O) groups excluding carboxylic acids is 3. The van der Waals surface area contributed by atoms with Crippen molar-refractivity contribution in [1.82, 2.24) is 0 Å². The number of ether oxygens (including phenoxy) is 3. The molecule has 0 bridgehead atoms. The Morgan fingerprint density at radius 1 is 0.276 bits per heavy atom. The zero-order valence-corrected chi connectivity index (χ0v) is 50.8. The summed E-state index contributed by atoms with van der Waals surface area (Å²) in [6.45, 7) is 6.57. The second-order valence-corrected chi connectivity index (χ2v) is 22.4. The summed E-state index contributed by atoms with van der Waals surface area (Å²) < 4.78 is 17.0. The molecule has 0 fully saturated rings. The van der Waals surface area contributed by atoms with Crippen molar-refractivity contribution < 1.29 is 28.6 Å². The van der Waals surface area contributed by atoms with E-state index >= 15 is 0 Å². The van der Waals surface area contributed by atoms with Gasteiger partial charge in [0.15, 0.2) is 6.10 Å². The lowest BCUT2D eigenvalue weighted by Crippen LogP contribution is -2.30. The van der Waals surface area contributed by atoms with Crippen LogP contribution in [0, 0.1) is 0 Å². The maximum absolute atomic E-state index is 12.9. The summed E-state index contributed by atoms with van der Waals surface area (Å²) in [6, 6.07) is 0. The summed E-state index contributed by atoms with van der Waals surface area (Å²) in [6.07, 6.45) is 82.3. The van der Waals surface area contributed by atoms with Gasteiger partial charge < -0.3 is 14.2 Å². The quantitative estimate of drug-likeness (QED) is 0.0261. The summed E-state index contributed by atoms with van der Waals surface area (Å²) in [5.41, 5.74) is 0. The van der Waals surface area contributed by atoms with Gasteiger partial charge in [-0.25, -0.2) is 0 Å². The van der Waals surface area contributed by atoms with Crippen molar-refractivity contribution >= 4 is 17.9 Å². The van der Waals surface area contributed by atoms with E-state index in [1.165, 1.54) is 212 Å². The molecule has 0 aromatic rings. The van der Waals surface area contributed by atoms with Crippen LogP contribution in [-0.4, -0.2) is 37.2 Å². The number of carbonyl (C=O) groups is 3. The van der Waals surface area contributed by atoms with Gasteiger partial charge in [0.2, 0.25) is 0 Å². The van der Waals surface area contributed by atoms with Crippen LogP contribution in [0.25, 0.3) is 0 Å². The van der Waals surface area contributed by atoms with Crippen LogP contribution < -0.4 is 0 Å². The van der Waals surface area contributed by atoms with Gasteiger partial charge in [0.1, 0.15) is 13.2 Å². The van der Waals surface area contributed by atoms with Gasteiger partial charge in [0, 0.05) is 19.3 Å². The molecule has 1 unspecified atom stereocenters. The van der Waals surface area contributed by atoms with E-state index in [0.717, 1.165) is 96.3 Å². The van der Waals surface area contributed by atoms with Crippen LogP contribution in [0.5, 0.6) is 0 Å². The van der Waals surface area contributed by atoms with E-state index in [4.69, 9.17) is 14.2 Å². The first-order valence-corrected chi connectivity index (χ1v) is 33.3. The molecule has 0 saturated carbocycles. The molecule has 0 aliphatic heterocycles. The Bertz CT molecular complexity index is 1360. The van der Waals surface area contributed by atoms with Gasteiger partial charge in [-0.3, -0.25) is 14.4 Å². The van der Waals surface area contributed by atoms with Crippen LogP contribution >= 0.6 is 0 Å². The molecule has 1 atom stereocenters. The highest BCUT2D eigenvalue weighted by atomic mass is 16.6. The summed E-state index contributed by atoms with van der Waals surface area (Å²) in [5.74, 6) is -0.861. The third-order valence-corrected chi connectivity index (χ3v) is 14.8. The summed E-state index contributed by atoms with van der Waals surface area (Å²) in [7, 11) is 0. The minimum absolute atomic E-state index is 0.0727. The van der Waals surface area contributed by atoms with E-state index in [-0.39, 0.29) is 31.1 Å². The van der Waals surface area contributed by atoms with E-state index in [1.807, 2.05) is 0 Å². The number of rotatable bonds is 61. The largest absolute Gasteiger partial charge is 0.462 e. The molecule has 0 radical (unpaired) electrons. The summed E-state index contributed by atoms with van der Waals surface area (Å²) in [5, 5.41) is 0. The first-order valence-electron chi connectivity index (χ1n) is 33.3. The topological polar surface area (TPSA) is 78.9 Å². The lowest BCUT2D eigenvalue weighted by Gasteiger charge is -2.18. The van der Waals surface area contributed by atoms with Crippen LogP contribution in [0.1, 0.15) is 348 Å². The Hall–Kier alpha value is -2.89. The summed E-state index contributed by atoms with van der Waals surface area (Å²) >= 11 is 0. The SMILES string of the molecule is CC/C=C\C/C=C\C/C=C\C/C=C\C/C=C\CCCCCCCCCC(=O)OCC(COC(=O)CCCCCCCCCCCCCCC)OC(=O)CCCCCCCCCCCCCCCCCCCCCCCC. The number of esters is 3. The Morgan fingerprint density at radius 2 is 0.513 bits per heavy atom. The fourth-order valence-corrected chi connectivity index (χ4v) is 9.83. The zero-order chi connectivity index (χ0) is 55.0. The molecule has 0 heterocycles. The molecule has 0 aromatic heterocycles. The third kappa shape index (κ3) is 62.0. The Balaban J connectivity index is 4.30. The van der Waals surface area contributed by atoms with E-state index in [9.17, 15) is 14.4 Å². The molecule has 0 aliphatic rings. The van der Waals surface area contributed by atoms with Crippen LogP contribution in [0.15, 0.2) is 60.8 Å². The van der Waals surface area contributed by atoms with Crippen molar-refractivity contribution in [2.75, 3.05) is 13.2 Å². The second-order valence-electron chi connectivity index (χ2n) is 22.4. The van der Waals surface area contributed by atoms with Crippen molar-refractivity contribution in [2.24, 2.45) is 0 Å². The van der Waals surface area contributed by atoms with Crippen molar-refractivity contribution in [3.8, 4) is 0 Å². The summed E-state index contributed by atoms with van der Waals surface area (Å²) in [4.78, 5) is 38.4. The number of hydrogen-bond donors (Lipinski definition) is 0. The fraction of sp³-hybridized carbons (Fsp3) is 0.814.